The van der Waals surface area contributed by atoms with Crippen LogP contribution in [0.15, 0.2) is 59.8 Å². The lowest BCUT2D eigenvalue weighted by Gasteiger charge is -2.09. The molecule has 0 atom stereocenters. The Labute approximate surface area is 153 Å². The largest absolute Gasteiger partial charge is 0.348 e. The highest BCUT2D eigenvalue weighted by molar-refractivity contribution is 7.92. The third kappa shape index (κ3) is 4.29. The van der Waals surface area contributed by atoms with Gasteiger partial charge in [0, 0.05) is 17.8 Å². The number of sulfonamides is 1. The second-order valence-corrected chi connectivity index (χ2v) is 7.12. The van der Waals surface area contributed by atoms with Gasteiger partial charge in [0.05, 0.1) is 11.8 Å². The minimum atomic E-state index is -4.18. The lowest BCUT2D eigenvalue weighted by molar-refractivity contribution is 0.0947. The van der Waals surface area contributed by atoms with Crippen LogP contribution >= 0.6 is 0 Å². The van der Waals surface area contributed by atoms with Crippen molar-refractivity contribution in [1.29, 1.82) is 0 Å². The molecule has 0 unspecified atom stereocenters. The molecule has 1 heterocycles. The Morgan fingerprint density at radius 3 is 2.48 bits per heavy atom. The van der Waals surface area contributed by atoms with Crippen molar-refractivity contribution in [1.82, 2.24) is 15.5 Å². The number of benzene rings is 2. The third-order valence-corrected chi connectivity index (χ3v) is 4.96. The van der Waals surface area contributed by atoms with Gasteiger partial charge in [-0.05, 0) is 30.3 Å². The highest BCUT2D eigenvalue weighted by atomic mass is 32.2. The molecule has 1 aromatic heterocycles. The molecule has 0 radical (unpaired) electrons. The zero-order valence-corrected chi connectivity index (χ0v) is 14.6. The molecule has 2 aromatic carbocycles. The van der Waals surface area contributed by atoms with Crippen LogP contribution in [0.1, 0.15) is 15.9 Å². The summed E-state index contributed by atoms with van der Waals surface area (Å²) in [6, 6.07) is 10.5. The molecule has 10 heteroatoms. The molecule has 140 valence electrons. The molecular formula is C17H14F2N4O3S. The van der Waals surface area contributed by atoms with E-state index < -0.39 is 32.6 Å². The number of rotatable bonds is 6. The first-order valence-electron chi connectivity index (χ1n) is 7.70. The van der Waals surface area contributed by atoms with E-state index >= 15 is 0 Å². The molecule has 0 aliphatic heterocycles. The average Bonchev–Trinajstić information content (AvgIpc) is 3.13. The van der Waals surface area contributed by atoms with Gasteiger partial charge in [0.25, 0.3) is 15.9 Å². The number of hydrogen-bond acceptors (Lipinski definition) is 4. The van der Waals surface area contributed by atoms with E-state index in [1.807, 2.05) is 0 Å². The van der Waals surface area contributed by atoms with Crippen LogP contribution in [0.2, 0.25) is 0 Å². The second-order valence-electron chi connectivity index (χ2n) is 5.50. The van der Waals surface area contributed by atoms with Crippen LogP contribution in [0.25, 0.3) is 0 Å². The Morgan fingerprint density at radius 2 is 1.78 bits per heavy atom. The van der Waals surface area contributed by atoms with Crippen molar-refractivity contribution in [2.24, 2.45) is 0 Å². The SMILES string of the molecule is O=C(NCc1ccccc1F)c1cn[nH]c1S(=O)(=O)Nc1ccc(F)cc1. The van der Waals surface area contributed by atoms with Gasteiger partial charge < -0.3 is 5.32 Å². The molecule has 0 aliphatic carbocycles. The second kappa shape index (κ2) is 7.54. The van der Waals surface area contributed by atoms with Gasteiger partial charge in [0.15, 0.2) is 5.03 Å². The summed E-state index contributed by atoms with van der Waals surface area (Å²) in [5.74, 6) is -1.75. The molecule has 7 nitrogen and oxygen atoms in total. The molecule has 0 saturated carbocycles. The number of carbonyl (C=O) groups is 1. The van der Waals surface area contributed by atoms with Crippen molar-refractivity contribution in [2.45, 2.75) is 11.6 Å². The molecule has 0 fully saturated rings. The predicted octanol–water partition coefficient (Wildman–Crippen LogP) is 2.42. The number of halogens is 2. The number of aromatic nitrogens is 2. The lowest BCUT2D eigenvalue weighted by Crippen LogP contribution is -2.26. The number of anilines is 1. The monoisotopic (exact) mass is 392 g/mol. The maximum Gasteiger partial charge on any atom is 0.279 e. The number of nitrogens with zero attached hydrogens (tertiary/aromatic N) is 1. The molecule has 0 bridgehead atoms. The van der Waals surface area contributed by atoms with Crippen LogP contribution in [0.5, 0.6) is 0 Å². The van der Waals surface area contributed by atoms with Crippen molar-refractivity contribution in [3.63, 3.8) is 0 Å². The van der Waals surface area contributed by atoms with Crippen LogP contribution in [0.4, 0.5) is 14.5 Å². The number of nitrogens with one attached hydrogen (secondary N) is 3. The molecule has 1 amide bonds. The summed E-state index contributed by atoms with van der Waals surface area (Å²) >= 11 is 0. The van der Waals surface area contributed by atoms with Gasteiger partial charge in [-0.15, -0.1) is 0 Å². The molecule has 3 N–H and O–H groups in total. The van der Waals surface area contributed by atoms with Crippen molar-refractivity contribution < 1.29 is 22.0 Å². The van der Waals surface area contributed by atoms with E-state index in [-0.39, 0.29) is 23.4 Å². The first-order chi connectivity index (χ1) is 12.9. The minimum absolute atomic E-state index is 0.115. The van der Waals surface area contributed by atoms with E-state index in [1.54, 1.807) is 6.07 Å². The lowest BCUT2D eigenvalue weighted by atomic mass is 10.2. The van der Waals surface area contributed by atoms with Gasteiger partial charge in [-0.1, -0.05) is 18.2 Å². The fraction of sp³-hybridized carbons (Fsp3) is 0.0588. The van der Waals surface area contributed by atoms with Crippen molar-refractivity contribution in [3.05, 3.63) is 77.5 Å². The Morgan fingerprint density at radius 1 is 1.07 bits per heavy atom. The van der Waals surface area contributed by atoms with Gasteiger partial charge >= 0.3 is 0 Å². The molecular weight excluding hydrogens is 378 g/mol. The summed E-state index contributed by atoms with van der Waals surface area (Å²) in [4.78, 5) is 12.3. The van der Waals surface area contributed by atoms with Crippen LogP contribution < -0.4 is 10.0 Å². The maximum absolute atomic E-state index is 13.6. The van der Waals surface area contributed by atoms with E-state index in [4.69, 9.17) is 0 Å². The van der Waals surface area contributed by atoms with Gasteiger partial charge in [-0.2, -0.15) is 13.5 Å². The standard InChI is InChI=1S/C17H14F2N4O3S/c18-12-5-7-13(8-6-12)23-27(25,26)17-14(10-21-22-17)16(24)20-9-11-3-1-2-4-15(11)19/h1-8,10,23H,9H2,(H,20,24)(H,21,22). The molecule has 3 rings (SSSR count). The van der Waals surface area contributed by atoms with Crippen molar-refractivity contribution in [3.8, 4) is 0 Å². The summed E-state index contributed by atoms with van der Waals surface area (Å²) in [5, 5.41) is 7.84. The summed E-state index contributed by atoms with van der Waals surface area (Å²) in [7, 11) is -4.18. The normalized spacial score (nSPS) is 11.2. The number of carbonyl (C=O) groups excluding carboxylic acids is 1. The van der Waals surface area contributed by atoms with E-state index in [0.717, 1.165) is 18.3 Å². The first-order valence-corrected chi connectivity index (χ1v) is 9.18. The zero-order chi connectivity index (χ0) is 19.4. The van der Waals surface area contributed by atoms with E-state index in [0.29, 0.717) is 0 Å². The van der Waals surface area contributed by atoms with Gasteiger partial charge in [0.1, 0.15) is 11.6 Å². The Hall–Kier alpha value is -3.27. The molecule has 27 heavy (non-hydrogen) atoms. The number of hydrogen-bond donors (Lipinski definition) is 3. The number of amides is 1. The average molecular weight is 392 g/mol. The zero-order valence-electron chi connectivity index (χ0n) is 13.7. The summed E-state index contributed by atoms with van der Waals surface area (Å²) in [6.45, 7) is -0.123. The van der Waals surface area contributed by atoms with Crippen LogP contribution in [-0.4, -0.2) is 24.5 Å². The highest BCUT2D eigenvalue weighted by Gasteiger charge is 2.25. The number of aromatic amines is 1. The molecule has 0 aliphatic rings. The predicted molar refractivity (Wildman–Crippen MR) is 93.4 cm³/mol. The fourth-order valence-corrected chi connectivity index (χ4v) is 3.43. The Balaban J connectivity index is 1.77. The maximum atomic E-state index is 13.6. The Kier molecular flexibility index (Phi) is 5.17. The van der Waals surface area contributed by atoms with E-state index in [9.17, 15) is 22.0 Å². The molecule has 3 aromatic rings. The topological polar surface area (TPSA) is 104 Å². The van der Waals surface area contributed by atoms with E-state index in [1.165, 1.54) is 30.3 Å². The van der Waals surface area contributed by atoms with Crippen LogP contribution in [0.3, 0.4) is 0 Å². The van der Waals surface area contributed by atoms with Crippen LogP contribution in [-0.2, 0) is 16.6 Å². The van der Waals surface area contributed by atoms with Crippen LogP contribution in [0, 0.1) is 11.6 Å². The number of H-pyrrole nitrogens is 1. The smallest absolute Gasteiger partial charge is 0.279 e. The summed E-state index contributed by atoms with van der Waals surface area (Å²) in [5.41, 5.74) is 0.132. The third-order valence-electron chi connectivity index (χ3n) is 3.61. The highest BCUT2D eigenvalue weighted by Crippen LogP contribution is 2.18. The van der Waals surface area contributed by atoms with Crippen molar-refractivity contribution in [2.75, 3.05) is 4.72 Å². The van der Waals surface area contributed by atoms with Crippen molar-refractivity contribution >= 4 is 21.6 Å². The summed E-state index contributed by atoms with van der Waals surface area (Å²) in [6.07, 6.45) is 1.05. The van der Waals surface area contributed by atoms with Gasteiger partial charge in [-0.25, -0.2) is 8.78 Å². The van der Waals surface area contributed by atoms with Gasteiger partial charge in [-0.3, -0.25) is 14.6 Å². The first kappa shape index (κ1) is 18.5. The minimum Gasteiger partial charge on any atom is -0.348 e. The quantitative estimate of drug-likeness (QED) is 0.599. The molecule has 0 saturated heterocycles. The van der Waals surface area contributed by atoms with E-state index in [2.05, 4.69) is 20.2 Å². The fourth-order valence-electron chi connectivity index (χ4n) is 2.28. The summed E-state index contributed by atoms with van der Waals surface area (Å²) < 4.78 is 53.8. The van der Waals surface area contributed by atoms with Gasteiger partial charge in [0.2, 0.25) is 0 Å². The molecule has 0 spiro atoms. The Bertz CT molecular complexity index is 1070.